The quantitative estimate of drug-likeness (QED) is 0.532. The first kappa shape index (κ1) is 19.9. The third-order valence-corrected chi connectivity index (χ3v) is 6.39. The maximum Gasteiger partial charge on any atom is 0.137 e. The number of nitrogens with zero attached hydrogens (tertiary/aromatic N) is 3. The molecule has 2 aliphatic heterocycles. The number of benzene rings is 2. The zero-order valence-corrected chi connectivity index (χ0v) is 17.9. The van der Waals surface area contributed by atoms with Gasteiger partial charge in [0.05, 0.1) is 25.5 Å². The van der Waals surface area contributed by atoms with Gasteiger partial charge in [-0.25, -0.2) is 4.99 Å². The van der Waals surface area contributed by atoms with Crippen LogP contribution >= 0.6 is 21.2 Å². The maximum atomic E-state index is 5.60. The van der Waals surface area contributed by atoms with Crippen LogP contribution in [0.25, 0.3) is 0 Å². The van der Waals surface area contributed by atoms with E-state index in [2.05, 4.69) is 67.8 Å². The largest absolute Gasteiger partial charge is 0.378 e. The minimum atomic E-state index is 0.622. The number of amidine groups is 1. The Morgan fingerprint density at radius 3 is 2.46 bits per heavy atom. The monoisotopic (exact) mass is 415 g/mol. The number of hydrogen-bond acceptors (Lipinski definition) is 6. The number of piperazine rings is 1. The van der Waals surface area contributed by atoms with Gasteiger partial charge >= 0.3 is 0 Å². The zero-order valence-electron chi connectivity index (χ0n) is 15.9. The van der Waals surface area contributed by atoms with Crippen LogP contribution in [0.3, 0.4) is 0 Å². The van der Waals surface area contributed by atoms with Gasteiger partial charge in [0.1, 0.15) is 5.84 Å². The molecule has 0 radical (unpaired) electrons. The molecule has 0 spiro atoms. The van der Waals surface area contributed by atoms with E-state index in [4.69, 9.17) is 14.3 Å². The molecule has 0 saturated carbocycles. The van der Waals surface area contributed by atoms with E-state index >= 15 is 0 Å². The van der Waals surface area contributed by atoms with Gasteiger partial charge in [-0.2, -0.15) is 0 Å². The van der Waals surface area contributed by atoms with Crippen molar-refractivity contribution in [3.05, 3.63) is 54.1 Å². The molecule has 28 heavy (non-hydrogen) atoms. The van der Waals surface area contributed by atoms with Gasteiger partial charge in [-0.3, -0.25) is 4.90 Å². The van der Waals surface area contributed by atoms with Crippen molar-refractivity contribution in [2.75, 3.05) is 52.5 Å². The SMILES string of the molecule is POCCOCCN1CCN(C2=Nc3ccccc3Sc3ccccc32)CC1. The highest BCUT2D eigenvalue weighted by Gasteiger charge is 2.24. The van der Waals surface area contributed by atoms with Crippen LogP contribution in [-0.4, -0.2) is 68.2 Å². The van der Waals surface area contributed by atoms with E-state index in [1.54, 1.807) is 0 Å². The molecule has 0 bridgehead atoms. The lowest BCUT2D eigenvalue weighted by molar-refractivity contribution is 0.0738. The highest BCUT2D eigenvalue weighted by Crippen LogP contribution is 2.40. The fraction of sp³-hybridized carbons (Fsp3) is 0.381. The molecule has 0 N–H and O–H groups in total. The first-order valence-corrected chi connectivity index (χ1v) is 11.0. The molecule has 2 heterocycles. The average Bonchev–Trinajstić information content (AvgIpc) is 2.91. The normalized spacial score (nSPS) is 16.9. The Hall–Kier alpha value is -1.43. The Morgan fingerprint density at radius 2 is 1.64 bits per heavy atom. The topological polar surface area (TPSA) is 37.3 Å². The molecule has 1 fully saturated rings. The van der Waals surface area contributed by atoms with E-state index in [1.807, 2.05) is 11.8 Å². The summed E-state index contributed by atoms with van der Waals surface area (Å²) in [7, 11) is 2.25. The first-order valence-electron chi connectivity index (χ1n) is 9.67. The smallest absolute Gasteiger partial charge is 0.137 e. The molecular formula is C21H26N3O2PS. The lowest BCUT2D eigenvalue weighted by Crippen LogP contribution is -2.49. The van der Waals surface area contributed by atoms with Crippen LogP contribution in [0.15, 0.2) is 63.3 Å². The molecule has 2 aliphatic rings. The lowest BCUT2D eigenvalue weighted by atomic mass is 10.1. The predicted molar refractivity (Wildman–Crippen MR) is 118 cm³/mol. The molecule has 5 nitrogen and oxygen atoms in total. The number of fused-ring (bicyclic) bond motifs is 2. The molecule has 2 aromatic rings. The Morgan fingerprint density at radius 1 is 0.893 bits per heavy atom. The summed E-state index contributed by atoms with van der Waals surface area (Å²) in [5, 5.41) is 0. The lowest BCUT2D eigenvalue weighted by Gasteiger charge is -2.36. The fourth-order valence-corrected chi connectivity index (χ4v) is 4.61. The number of para-hydroxylation sites is 1. The van der Waals surface area contributed by atoms with Crippen molar-refractivity contribution < 1.29 is 9.26 Å². The molecule has 1 saturated heterocycles. The van der Waals surface area contributed by atoms with Crippen molar-refractivity contribution in [1.82, 2.24) is 9.80 Å². The van der Waals surface area contributed by atoms with Crippen LogP contribution in [0.5, 0.6) is 0 Å². The Kier molecular flexibility index (Phi) is 7.00. The van der Waals surface area contributed by atoms with Gasteiger partial charge in [-0.1, -0.05) is 42.1 Å². The molecule has 7 heteroatoms. The van der Waals surface area contributed by atoms with Crippen LogP contribution in [0, 0.1) is 0 Å². The highest BCUT2D eigenvalue weighted by atomic mass is 32.2. The third-order valence-electron chi connectivity index (χ3n) is 5.01. The number of ether oxygens (including phenoxy) is 1. The van der Waals surface area contributed by atoms with E-state index in [-0.39, 0.29) is 0 Å². The molecular weight excluding hydrogens is 389 g/mol. The summed E-state index contributed by atoms with van der Waals surface area (Å²) in [6, 6.07) is 17.0. The van der Waals surface area contributed by atoms with E-state index in [9.17, 15) is 0 Å². The standard InChI is InChI=1S/C21H26N3O2PS/c27-26-16-15-25-14-13-23-9-11-24(12-10-23)21-17-5-1-3-7-19(17)28-20-8-4-2-6-18(20)22-21/h1-8H,9-16,27H2. The molecule has 4 rings (SSSR count). The van der Waals surface area contributed by atoms with Gasteiger partial charge in [-0.15, -0.1) is 0 Å². The molecule has 1 atom stereocenters. The van der Waals surface area contributed by atoms with Gasteiger partial charge in [0.15, 0.2) is 0 Å². The van der Waals surface area contributed by atoms with Crippen molar-refractivity contribution in [3.63, 3.8) is 0 Å². The van der Waals surface area contributed by atoms with Crippen molar-refractivity contribution in [2.24, 2.45) is 4.99 Å². The van der Waals surface area contributed by atoms with Crippen LogP contribution < -0.4 is 0 Å². The van der Waals surface area contributed by atoms with Crippen molar-refractivity contribution in [2.45, 2.75) is 9.79 Å². The van der Waals surface area contributed by atoms with Crippen LogP contribution in [0.1, 0.15) is 5.56 Å². The van der Waals surface area contributed by atoms with E-state index in [0.717, 1.165) is 50.9 Å². The second kappa shape index (κ2) is 9.86. The van der Waals surface area contributed by atoms with Gasteiger partial charge in [0.2, 0.25) is 0 Å². The van der Waals surface area contributed by atoms with Crippen molar-refractivity contribution in [1.29, 1.82) is 0 Å². The van der Waals surface area contributed by atoms with Crippen LogP contribution in [0.2, 0.25) is 0 Å². The van der Waals surface area contributed by atoms with Gasteiger partial charge in [-0.05, 0) is 18.2 Å². The summed E-state index contributed by atoms with van der Waals surface area (Å²) in [6.45, 7) is 7.00. The molecule has 0 aromatic heterocycles. The molecule has 0 amide bonds. The summed E-state index contributed by atoms with van der Waals surface area (Å²) >= 11 is 1.81. The van der Waals surface area contributed by atoms with Crippen molar-refractivity contribution >= 4 is 32.8 Å². The minimum Gasteiger partial charge on any atom is -0.378 e. The predicted octanol–water partition coefficient (Wildman–Crippen LogP) is 3.67. The summed E-state index contributed by atoms with van der Waals surface area (Å²) < 4.78 is 10.5. The van der Waals surface area contributed by atoms with Gasteiger partial charge < -0.3 is 14.2 Å². The second-order valence-corrected chi connectivity index (χ2v) is 8.23. The minimum absolute atomic E-state index is 0.622. The zero-order chi connectivity index (χ0) is 19.2. The Labute approximate surface area is 173 Å². The Bertz CT molecular complexity index is 825. The summed E-state index contributed by atoms with van der Waals surface area (Å²) in [5.74, 6) is 1.10. The molecule has 0 aliphatic carbocycles. The molecule has 1 unspecified atom stereocenters. The van der Waals surface area contributed by atoms with Crippen LogP contribution in [0.4, 0.5) is 5.69 Å². The number of aliphatic imine (C=N–C) groups is 1. The molecule has 2 aromatic carbocycles. The van der Waals surface area contributed by atoms with E-state index in [0.29, 0.717) is 13.2 Å². The first-order chi connectivity index (χ1) is 13.8. The molecule has 148 valence electrons. The summed E-state index contributed by atoms with van der Waals surface area (Å²) in [6.07, 6.45) is 0. The summed E-state index contributed by atoms with van der Waals surface area (Å²) in [5.41, 5.74) is 2.30. The van der Waals surface area contributed by atoms with Gasteiger partial charge in [0.25, 0.3) is 0 Å². The van der Waals surface area contributed by atoms with Crippen molar-refractivity contribution in [3.8, 4) is 0 Å². The second-order valence-electron chi connectivity index (χ2n) is 6.81. The number of hydrogen-bond donors (Lipinski definition) is 0. The third kappa shape index (κ3) is 4.76. The van der Waals surface area contributed by atoms with E-state index < -0.39 is 0 Å². The Balaban J connectivity index is 1.45. The van der Waals surface area contributed by atoms with Crippen LogP contribution in [-0.2, 0) is 9.26 Å². The average molecular weight is 415 g/mol. The number of rotatable bonds is 6. The maximum absolute atomic E-state index is 5.60. The van der Waals surface area contributed by atoms with Gasteiger partial charge in [0, 0.05) is 57.5 Å². The summed E-state index contributed by atoms with van der Waals surface area (Å²) in [4.78, 5) is 12.5. The van der Waals surface area contributed by atoms with E-state index in [1.165, 1.54) is 15.4 Å². The fourth-order valence-electron chi connectivity index (χ4n) is 3.50. The highest BCUT2D eigenvalue weighted by molar-refractivity contribution is 7.99.